The Kier molecular flexibility index (Phi) is 8.54. The van der Waals surface area contributed by atoms with Crippen LogP contribution in [0.4, 0.5) is 11.4 Å². The molecule has 0 spiro atoms. The summed E-state index contributed by atoms with van der Waals surface area (Å²) in [6.07, 6.45) is 7.08. The standard InChI is InChI=1S/C32H39ClN3.Pd/c1-20(2)24-11-9-12-25(21(3)4)30(24)35-17-18-36(32(35)28-15-16-34-19-29(28)33)31-26(22(5)6)13-10-14-27(31)23(7)8;/h9-14,16-18,20-23H,15H2,1-8H3;. The second-order valence-electron chi connectivity index (χ2n) is 11.1. The van der Waals surface area contributed by atoms with Gasteiger partial charge in [0, 0.05) is 0 Å². The fraction of sp³-hybridized carbons (Fsp3) is 0.406. The third-order valence-electron chi connectivity index (χ3n) is 7.18. The van der Waals surface area contributed by atoms with Gasteiger partial charge in [0.05, 0.1) is 0 Å². The first-order valence-corrected chi connectivity index (χ1v) is 14.5. The number of aliphatic imine (C=N–C) groups is 1. The number of allylic oxidation sites excluding steroid dienone is 2. The number of para-hydroxylation sites is 2. The molecule has 0 bridgehead atoms. The molecule has 0 N–H and O–H groups in total. The molecule has 2 aromatic rings. The Morgan fingerprint density at radius 1 is 0.703 bits per heavy atom. The van der Waals surface area contributed by atoms with Crippen molar-refractivity contribution in [3.63, 3.8) is 0 Å². The van der Waals surface area contributed by atoms with Crippen molar-refractivity contribution in [2.45, 2.75) is 85.5 Å². The van der Waals surface area contributed by atoms with Crippen molar-refractivity contribution in [3.8, 4) is 0 Å². The van der Waals surface area contributed by atoms with E-state index in [2.05, 4.69) is 138 Å². The van der Waals surface area contributed by atoms with Crippen LogP contribution in [0.5, 0.6) is 0 Å². The van der Waals surface area contributed by atoms with Gasteiger partial charge in [0.1, 0.15) is 0 Å². The average molecular weight is 608 g/mol. The zero-order valence-corrected chi connectivity index (χ0v) is 25.6. The summed E-state index contributed by atoms with van der Waals surface area (Å²) < 4.78 is 0.715. The minimum absolute atomic E-state index is 0.379. The van der Waals surface area contributed by atoms with E-state index in [-0.39, 0.29) is 0 Å². The Hall–Kier alpha value is -2.12. The molecule has 0 unspecified atom stereocenters. The molecule has 0 saturated carbocycles. The molecule has 37 heavy (non-hydrogen) atoms. The van der Waals surface area contributed by atoms with Gasteiger partial charge in [-0.15, -0.1) is 0 Å². The molecule has 0 saturated heterocycles. The van der Waals surface area contributed by atoms with E-state index in [1.807, 2.05) is 6.21 Å². The first-order valence-electron chi connectivity index (χ1n) is 13.3. The Morgan fingerprint density at radius 3 is 1.43 bits per heavy atom. The van der Waals surface area contributed by atoms with Crippen molar-refractivity contribution in [3.05, 3.63) is 91.6 Å². The molecule has 0 aromatic heterocycles. The zero-order chi connectivity index (χ0) is 27.0. The number of nitrogens with zero attached hydrogens (tertiary/aromatic N) is 3. The second kappa shape index (κ2) is 11.3. The van der Waals surface area contributed by atoms with Crippen LogP contribution in [0.25, 0.3) is 0 Å². The molecule has 2 aliphatic rings. The Labute approximate surface area is 239 Å². The predicted octanol–water partition coefficient (Wildman–Crippen LogP) is 9.62. The fourth-order valence-corrected chi connectivity index (χ4v) is 5.87. The van der Waals surface area contributed by atoms with E-state index in [1.54, 1.807) is 0 Å². The Bertz CT molecular complexity index is 1170. The third-order valence-corrected chi connectivity index (χ3v) is 8.39. The van der Waals surface area contributed by atoms with Gasteiger partial charge in [-0.25, -0.2) is 0 Å². The van der Waals surface area contributed by atoms with E-state index in [9.17, 15) is 0 Å². The van der Waals surface area contributed by atoms with E-state index in [1.165, 1.54) is 33.6 Å². The molecule has 0 aliphatic carbocycles. The van der Waals surface area contributed by atoms with E-state index in [4.69, 9.17) is 11.6 Å². The number of rotatable bonds is 6. The van der Waals surface area contributed by atoms with Crippen LogP contribution in [-0.2, 0) is 19.2 Å². The quantitative estimate of drug-likeness (QED) is 0.305. The van der Waals surface area contributed by atoms with Gasteiger partial charge in [-0.05, 0) is 0 Å². The van der Waals surface area contributed by atoms with Crippen molar-refractivity contribution >= 4 is 29.2 Å². The molecule has 2 heterocycles. The molecule has 0 atom stereocenters. The van der Waals surface area contributed by atoms with E-state index < -0.39 is 0 Å². The van der Waals surface area contributed by atoms with Crippen molar-refractivity contribution in [2.24, 2.45) is 4.99 Å². The molecule has 4 rings (SSSR count). The normalized spacial score (nSPS) is 16.2. The van der Waals surface area contributed by atoms with Crippen LogP contribution < -0.4 is 9.80 Å². The van der Waals surface area contributed by atoms with Gasteiger partial charge in [0.25, 0.3) is 0 Å². The molecule has 5 heteroatoms. The molecule has 0 fully saturated rings. The van der Waals surface area contributed by atoms with Crippen molar-refractivity contribution in [2.75, 3.05) is 9.80 Å². The predicted molar refractivity (Wildman–Crippen MR) is 156 cm³/mol. The number of hydrogen-bond donors (Lipinski definition) is 0. The Balaban J connectivity index is 2.07. The molecule has 2 aliphatic heterocycles. The number of halogens is 1. The summed E-state index contributed by atoms with van der Waals surface area (Å²) >= 11 is 10.3. The molecule has 0 radical (unpaired) electrons. The topological polar surface area (TPSA) is 18.8 Å². The van der Waals surface area contributed by atoms with Gasteiger partial charge in [-0.2, -0.15) is 0 Å². The van der Waals surface area contributed by atoms with Crippen LogP contribution >= 0.6 is 11.6 Å². The van der Waals surface area contributed by atoms with Gasteiger partial charge in [-0.3, -0.25) is 0 Å². The summed E-state index contributed by atoms with van der Waals surface area (Å²) in [5, 5.41) is 0.681. The summed E-state index contributed by atoms with van der Waals surface area (Å²) in [5.41, 5.74) is 8.93. The van der Waals surface area contributed by atoms with E-state index in [0.29, 0.717) is 39.3 Å². The summed E-state index contributed by atoms with van der Waals surface area (Å²) in [6.45, 7) is 18.2. The zero-order valence-electron chi connectivity index (χ0n) is 23.2. The van der Waals surface area contributed by atoms with Crippen LogP contribution in [0.3, 0.4) is 0 Å². The number of benzene rings is 2. The molecule has 199 valence electrons. The van der Waals surface area contributed by atoms with Crippen LogP contribution in [0.1, 0.15) is 108 Å². The Morgan fingerprint density at radius 2 is 1.08 bits per heavy atom. The second-order valence-corrected chi connectivity index (χ2v) is 12.2. The number of hydrogen-bond acceptors (Lipinski definition) is 3. The van der Waals surface area contributed by atoms with Crippen LogP contribution in [-0.4, -0.2) is 6.21 Å². The third kappa shape index (κ3) is 5.26. The van der Waals surface area contributed by atoms with Crippen LogP contribution in [0, 0.1) is 0 Å². The molecule has 3 nitrogen and oxygen atoms in total. The average Bonchev–Trinajstić information content (AvgIpc) is 3.28. The van der Waals surface area contributed by atoms with Gasteiger partial charge >= 0.3 is 240 Å². The van der Waals surface area contributed by atoms with Crippen molar-refractivity contribution in [1.29, 1.82) is 0 Å². The van der Waals surface area contributed by atoms with Gasteiger partial charge < -0.3 is 0 Å². The first kappa shape index (κ1) is 27.9. The maximum atomic E-state index is 7.02. The first-order chi connectivity index (χ1) is 17.5. The van der Waals surface area contributed by atoms with Gasteiger partial charge in [-0.1, -0.05) is 0 Å². The minimum atomic E-state index is 0.379. The van der Waals surface area contributed by atoms with E-state index >= 15 is 0 Å². The van der Waals surface area contributed by atoms with E-state index in [0.717, 1.165) is 11.4 Å². The van der Waals surface area contributed by atoms with Crippen LogP contribution in [0.2, 0.25) is 0 Å². The molecular formula is C32H39ClN3Pd. The van der Waals surface area contributed by atoms with Gasteiger partial charge in [0.15, 0.2) is 0 Å². The summed E-state index contributed by atoms with van der Waals surface area (Å²) in [7, 11) is 0. The summed E-state index contributed by atoms with van der Waals surface area (Å²) in [4.78, 5) is 9.24. The van der Waals surface area contributed by atoms with Crippen molar-refractivity contribution < 1.29 is 19.2 Å². The fourth-order valence-electron chi connectivity index (χ4n) is 5.28. The monoisotopic (exact) mass is 606 g/mol. The van der Waals surface area contributed by atoms with Crippen molar-refractivity contribution in [1.82, 2.24) is 0 Å². The summed E-state index contributed by atoms with van der Waals surface area (Å²) in [5.74, 6) is 2.60. The molecule has 2 aromatic carbocycles. The van der Waals surface area contributed by atoms with Gasteiger partial charge in [0.2, 0.25) is 0 Å². The maximum absolute atomic E-state index is 7.02. The van der Waals surface area contributed by atoms with Crippen LogP contribution in [0.15, 0.2) is 74.4 Å². The SMILES string of the molecule is CC(C)c1cccc(C(C)C)c1N1C=CN(c2c(C(C)C)cccc2C(C)C)C1=C1CC=N[C]([Pd])=C1Cl. The number of anilines is 2. The summed E-state index contributed by atoms with van der Waals surface area (Å²) in [6, 6.07) is 13.5. The molecular weight excluding hydrogens is 568 g/mol. The molecule has 0 amide bonds.